The number of ether oxygens (including phenoxy) is 1. The van der Waals surface area contributed by atoms with E-state index < -0.39 is 5.91 Å². The van der Waals surface area contributed by atoms with E-state index in [9.17, 15) is 9.59 Å². The number of nitrogens with zero attached hydrogens (tertiary/aromatic N) is 1. The second kappa shape index (κ2) is 7.96. The fourth-order valence-corrected chi connectivity index (χ4v) is 3.02. The molecule has 1 fully saturated rings. The minimum absolute atomic E-state index is 0.229. The third-order valence-corrected chi connectivity index (χ3v) is 4.41. The van der Waals surface area contributed by atoms with Crippen LogP contribution in [0.25, 0.3) is 11.3 Å². The highest BCUT2D eigenvalue weighted by molar-refractivity contribution is 5.92. The quantitative estimate of drug-likeness (QED) is 0.809. The number of anilines is 1. The molecule has 1 amide bonds. The summed E-state index contributed by atoms with van der Waals surface area (Å²) in [6.07, 6.45) is 4.88. The highest BCUT2D eigenvalue weighted by Gasteiger charge is 2.20. The standard InChI is InChI=1S/C19H22N2O4/c1-13-6-8-15(9-7-13)16-11-18(25-21-16)20-17(22)12-24-19(23)10-14-4-2-3-5-14/h6-9,11,14H,2-5,10,12H2,1H3,(H,20,22). The van der Waals surface area contributed by atoms with Crippen molar-refractivity contribution in [1.82, 2.24) is 5.16 Å². The van der Waals surface area contributed by atoms with Gasteiger partial charge in [0.15, 0.2) is 6.61 Å². The number of nitrogens with one attached hydrogen (secondary N) is 1. The maximum atomic E-state index is 11.9. The van der Waals surface area contributed by atoms with Gasteiger partial charge in [-0.25, -0.2) is 0 Å². The average Bonchev–Trinajstić information content (AvgIpc) is 3.26. The Morgan fingerprint density at radius 2 is 1.96 bits per heavy atom. The third-order valence-electron chi connectivity index (χ3n) is 4.41. The number of rotatable bonds is 6. The molecular weight excluding hydrogens is 320 g/mol. The number of esters is 1. The van der Waals surface area contributed by atoms with E-state index in [4.69, 9.17) is 9.26 Å². The summed E-state index contributed by atoms with van der Waals surface area (Å²) in [7, 11) is 0. The SMILES string of the molecule is Cc1ccc(-c2cc(NC(=O)COC(=O)CC3CCCC3)on2)cc1. The van der Waals surface area contributed by atoms with Crippen LogP contribution in [0.4, 0.5) is 5.88 Å². The molecule has 6 nitrogen and oxygen atoms in total. The summed E-state index contributed by atoms with van der Waals surface area (Å²) >= 11 is 0. The zero-order valence-corrected chi connectivity index (χ0v) is 14.3. The molecule has 1 aliphatic carbocycles. The molecular formula is C19H22N2O4. The summed E-state index contributed by atoms with van der Waals surface area (Å²) in [6.45, 7) is 1.69. The molecule has 1 aliphatic rings. The molecule has 132 valence electrons. The lowest BCUT2D eigenvalue weighted by molar-refractivity contribution is -0.148. The molecule has 1 heterocycles. The van der Waals surface area contributed by atoms with E-state index in [0.29, 0.717) is 18.0 Å². The number of benzene rings is 1. The van der Waals surface area contributed by atoms with E-state index in [1.807, 2.05) is 31.2 Å². The number of aromatic nitrogens is 1. The summed E-state index contributed by atoms with van der Waals surface area (Å²) in [6, 6.07) is 9.47. The second-order valence-electron chi connectivity index (χ2n) is 6.51. The first-order valence-corrected chi connectivity index (χ1v) is 8.59. The lowest BCUT2D eigenvalue weighted by Crippen LogP contribution is -2.21. The molecule has 0 unspecified atom stereocenters. The first kappa shape index (κ1) is 17.2. The van der Waals surface area contributed by atoms with Gasteiger partial charge in [0.2, 0.25) is 5.88 Å². The topological polar surface area (TPSA) is 81.4 Å². The van der Waals surface area contributed by atoms with Crippen molar-refractivity contribution < 1.29 is 18.8 Å². The Labute approximate surface area is 146 Å². The van der Waals surface area contributed by atoms with Crippen LogP contribution in [0, 0.1) is 12.8 Å². The van der Waals surface area contributed by atoms with Crippen molar-refractivity contribution >= 4 is 17.8 Å². The van der Waals surface area contributed by atoms with Crippen molar-refractivity contribution in [3.05, 3.63) is 35.9 Å². The van der Waals surface area contributed by atoms with Gasteiger partial charge in [0.05, 0.1) is 0 Å². The van der Waals surface area contributed by atoms with Crippen molar-refractivity contribution in [2.75, 3.05) is 11.9 Å². The van der Waals surface area contributed by atoms with Crippen LogP contribution in [-0.4, -0.2) is 23.6 Å². The van der Waals surface area contributed by atoms with E-state index in [1.54, 1.807) is 6.07 Å². The Kier molecular flexibility index (Phi) is 5.48. The van der Waals surface area contributed by atoms with E-state index in [2.05, 4.69) is 10.5 Å². The zero-order chi connectivity index (χ0) is 17.6. The van der Waals surface area contributed by atoms with Crippen LogP contribution in [-0.2, 0) is 14.3 Å². The Morgan fingerprint density at radius 1 is 1.24 bits per heavy atom. The summed E-state index contributed by atoms with van der Waals surface area (Å²) in [4.78, 5) is 23.6. The Morgan fingerprint density at radius 3 is 2.68 bits per heavy atom. The minimum atomic E-state index is -0.439. The van der Waals surface area contributed by atoms with Crippen molar-refractivity contribution in [3.8, 4) is 11.3 Å². The highest BCUT2D eigenvalue weighted by Crippen LogP contribution is 2.27. The Hall–Kier alpha value is -2.63. The lowest BCUT2D eigenvalue weighted by Gasteiger charge is -2.08. The fraction of sp³-hybridized carbons (Fsp3) is 0.421. The predicted octanol–water partition coefficient (Wildman–Crippen LogP) is 3.71. The molecule has 1 N–H and O–H groups in total. The van der Waals surface area contributed by atoms with Crippen LogP contribution in [0.3, 0.4) is 0 Å². The van der Waals surface area contributed by atoms with Crippen LogP contribution in [0.5, 0.6) is 0 Å². The van der Waals surface area contributed by atoms with Gasteiger partial charge in [-0.3, -0.25) is 14.9 Å². The average molecular weight is 342 g/mol. The summed E-state index contributed by atoms with van der Waals surface area (Å²) < 4.78 is 10.1. The number of aryl methyl sites for hydroxylation is 1. The molecule has 3 rings (SSSR count). The summed E-state index contributed by atoms with van der Waals surface area (Å²) in [5.41, 5.74) is 2.69. The minimum Gasteiger partial charge on any atom is -0.456 e. The maximum absolute atomic E-state index is 11.9. The molecule has 6 heteroatoms. The van der Waals surface area contributed by atoms with Crippen LogP contribution >= 0.6 is 0 Å². The smallest absolute Gasteiger partial charge is 0.306 e. The van der Waals surface area contributed by atoms with Gasteiger partial charge in [0, 0.05) is 18.1 Å². The number of hydrogen-bond acceptors (Lipinski definition) is 5. The van der Waals surface area contributed by atoms with E-state index in [-0.39, 0.29) is 18.5 Å². The third kappa shape index (κ3) is 4.92. The van der Waals surface area contributed by atoms with Gasteiger partial charge in [0.1, 0.15) is 5.69 Å². The van der Waals surface area contributed by atoms with Gasteiger partial charge >= 0.3 is 5.97 Å². The number of hydrogen-bond donors (Lipinski definition) is 1. The first-order valence-electron chi connectivity index (χ1n) is 8.59. The number of carbonyl (C=O) groups excluding carboxylic acids is 2. The highest BCUT2D eigenvalue weighted by atomic mass is 16.5. The summed E-state index contributed by atoms with van der Waals surface area (Å²) in [5, 5.41) is 6.48. The van der Waals surface area contributed by atoms with Crippen LogP contribution < -0.4 is 5.32 Å². The van der Waals surface area contributed by atoms with Gasteiger partial charge in [-0.05, 0) is 25.7 Å². The molecule has 0 radical (unpaired) electrons. The number of amides is 1. The number of carbonyl (C=O) groups is 2. The normalized spacial score (nSPS) is 14.4. The zero-order valence-electron chi connectivity index (χ0n) is 14.3. The molecule has 1 saturated carbocycles. The fourth-order valence-electron chi connectivity index (χ4n) is 3.02. The van der Waals surface area contributed by atoms with E-state index in [0.717, 1.165) is 24.0 Å². The van der Waals surface area contributed by atoms with Crippen LogP contribution in [0.1, 0.15) is 37.7 Å². The molecule has 0 spiro atoms. The Balaban J connectivity index is 1.46. The van der Waals surface area contributed by atoms with Crippen molar-refractivity contribution in [1.29, 1.82) is 0 Å². The summed E-state index contributed by atoms with van der Waals surface area (Å²) in [5.74, 6) is -0.124. The molecule has 0 aliphatic heterocycles. The molecule has 1 aromatic heterocycles. The van der Waals surface area contributed by atoms with Crippen molar-refractivity contribution in [3.63, 3.8) is 0 Å². The first-order chi connectivity index (χ1) is 12.1. The van der Waals surface area contributed by atoms with Crippen molar-refractivity contribution in [2.24, 2.45) is 5.92 Å². The van der Waals surface area contributed by atoms with Gasteiger partial charge in [-0.15, -0.1) is 0 Å². The molecule has 0 saturated heterocycles. The molecule has 0 bridgehead atoms. The maximum Gasteiger partial charge on any atom is 0.306 e. The Bertz CT molecular complexity index is 730. The largest absolute Gasteiger partial charge is 0.456 e. The van der Waals surface area contributed by atoms with Crippen molar-refractivity contribution in [2.45, 2.75) is 39.0 Å². The van der Waals surface area contributed by atoms with E-state index >= 15 is 0 Å². The monoisotopic (exact) mass is 342 g/mol. The molecule has 2 aromatic rings. The lowest BCUT2D eigenvalue weighted by atomic mass is 10.1. The molecule has 0 atom stereocenters. The second-order valence-corrected chi connectivity index (χ2v) is 6.51. The van der Waals surface area contributed by atoms with Gasteiger partial charge in [-0.1, -0.05) is 47.8 Å². The predicted molar refractivity (Wildman–Crippen MR) is 92.8 cm³/mol. The van der Waals surface area contributed by atoms with Crippen LogP contribution in [0.2, 0.25) is 0 Å². The van der Waals surface area contributed by atoms with Crippen LogP contribution in [0.15, 0.2) is 34.9 Å². The molecule has 1 aromatic carbocycles. The van der Waals surface area contributed by atoms with E-state index in [1.165, 1.54) is 12.8 Å². The molecule has 25 heavy (non-hydrogen) atoms. The van der Waals surface area contributed by atoms with Gasteiger partial charge in [-0.2, -0.15) is 0 Å². The van der Waals surface area contributed by atoms with Gasteiger partial charge < -0.3 is 9.26 Å². The van der Waals surface area contributed by atoms with Gasteiger partial charge in [0.25, 0.3) is 5.91 Å².